The number of nitrogens with zero attached hydrogens (tertiary/aromatic N) is 3. The molecule has 0 spiro atoms. The Morgan fingerprint density at radius 2 is 2.20 bits per heavy atom. The lowest BCUT2D eigenvalue weighted by Crippen LogP contribution is -2.19. The molecular weight excluding hydrogens is 286 g/mol. The van der Waals surface area contributed by atoms with Gasteiger partial charge < -0.3 is 10.6 Å². The van der Waals surface area contributed by atoms with E-state index in [9.17, 15) is 14.9 Å². The average Bonchev–Trinajstić information content (AvgIpc) is 2.77. The summed E-state index contributed by atoms with van der Waals surface area (Å²) in [5, 5.41) is 19.6. The molecule has 20 heavy (non-hydrogen) atoms. The zero-order valence-corrected chi connectivity index (χ0v) is 11.1. The van der Waals surface area contributed by atoms with Crippen LogP contribution in [0.3, 0.4) is 0 Å². The molecule has 0 aliphatic carbocycles. The summed E-state index contributed by atoms with van der Waals surface area (Å²) in [6, 6.07) is 3.27. The fourth-order valence-corrected chi connectivity index (χ4v) is 1.71. The average molecular weight is 296 g/mol. The van der Waals surface area contributed by atoms with Crippen molar-refractivity contribution in [2.45, 2.75) is 0 Å². The van der Waals surface area contributed by atoms with Gasteiger partial charge in [-0.05, 0) is 6.07 Å². The molecule has 2 amide bonds. The number of non-ortho nitro benzene ring substituents is 1. The molecule has 0 bridgehead atoms. The van der Waals surface area contributed by atoms with Gasteiger partial charge in [-0.3, -0.25) is 14.8 Å². The van der Waals surface area contributed by atoms with Gasteiger partial charge >= 0.3 is 6.03 Å². The van der Waals surface area contributed by atoms with E-state index in [0.29, 0.717) is 5.69 Å². The summed E-state index contributed by atoms with van der Waals surface area (Å²) in [6.45, 7) is 0. The number of halogens is 1. The second-order valence-electron chi connectivity index (χ2n) is 3.90. The molecular formula is C11H10ClN5O3. The summed E-state index contributed by atoms with van der Waals surface area (Å²) in [6.07, 6.45) is 3.11. The van der Waals surface area contributed by atoms with Gasteiger partial charge in [0.2, 0.25) is 0 Å². The second-order valence-corrected chi connectivity index (χ2v) is 4.31. The van der Waals surface area contributed by atoms with E-state index in [0.717, 1.165) is 0 Å². The number of anilines is 2. The van der Waals surface area contributed by atoms with Gasteiger partial charge in [0.15, 0.2) is 0 Å². The van der Waals surface area contributed by atoms with Crippen molar-refractivity contribution in [3.05, 3.63) is 45.7 Å². The SMILES string of the molecule is Cn1cc(NC(=O)Nc2ccc([N+](=O)[O-])cc2Cl)cn1. The van der Waals surface area contributed by atoms with E-state index in [1.165, 1.54) is 29.1 Å². The largest absolute Gasteiger partial charge is 0.323 e. The van der Waals surface area contributed by atoms with Crippen molar-refractivity contribution in [1.29, 1.82) is 0 Å². The monoisotopic (exact) mass is 295 g/mol. The third kappa shape index (κ3) is 3.23. The summed E-state index contributed by atoms with van der Waals surface area (Å²) in [7, 11) is 1.72. The smallest absolute Gasteiger partial charge is 0.306 e. The first-order valence-electron chi connectivity index (χ1n) is 5.46. The molecule has 2 N–H and O–H groups in total. The van der Waals surface area contributed by atoms with Crippen LogP contribution >= 0.6 is 11.6 Å². The third-order valence-corrected chi connectivity index (χ3v) is 2.69. The van der Waals surface area contributed by atoms with Gasteiger partial charge in [0.1, 0.15) is 0 Å². The number of carbonyl (C=O) groups is 1. The molecule has 0 fully saturated rings. The molecule has 0 saturated carbocycles. The van der Waals surface area contributed by atoms with Crippen molar-refractivity contribution in [2.24, 2.45) is 7.05 Å². The Morgan fingerprint density at radius 3 is 2.75 bits per heavy atom. The van der Waals surface area contributed by atoms with Gasteiger partial charge in [0.25, 0.3) is 5.69 Å². The molecule has 2 rings (SSSR count). The third-order valence-electron chi connectivity index (χ3n) is 2.37. The minimum atomic E-state index is -0.564. The lowest BCUT2D eigenvalue weighted by atomic mass is 10.3. The van der Waals surface area contributed by atoms with Crippen molar-refractivity contribution >= 4 is 34.7 Å². The number of benzene rings is 1. The van der Waals surface area contributed by atoms with Crippen molar-refractivity contribution < 1.29 is 9.72 Å². The number of nitrogens with one attached hydrogen (secondary N) is 2. The van der Waals surface area contributed by atoms with Crippen LogP contribution in [-0.4, -0.2) is 20.7 Å². The molecule has 0 aliphatic rings. The van der Waals surface area contributed by atoms with Gasteiger partial charge in [0.05, 0.1) is 27.5 Å². The maximum absolute atomic E-state index is 11.7. The summed E-state index contributed by atoms with van der Waals surface area (Å²) < 4.78 is 1.54. The van der Waals surface area contributed by atoms with E-state index in [1.54, 1.807) is 13.2 Å². The number of aromatic nitrogens is 2. The van der Waals surface area contributed by atoms with Crippen molar-refractivity contribution in [3.63, 3.8) is 0 Å². The molecule has 8 nitrogen and oxygen atoms in total. The molecule has 0 saturated heterocycles. The molecule has 1 aromatic carbocycles. The number of aryl methyl sites for hydroxylation is 1. The van der Waals surface area contributed by atoms with E-state index in [4.69, 9.17) is 11.6 Å². The molecule has 0 radical (unpaired) electrons. The van der Waals surface area contributed by atoms with Gasteiger partial charge in [-0.2, -0.15) is 5.10 Å². The Kier molecular flexibility index (Phi) is 3.85. The number of urea groups is 1. The predicted molar refractivity (Wildman–Crippen MR) is 74.0 cm³/mol. The Bertz CT molecular complexity index is 670. The highest BCUT2D eigenvalue weighted by molar-refractivity contribution is 6.34. The van der Waals surface area contributed by atoms with Gasteiger partial charge in [-0.1, -0.05) is 11.6 Å². The fraction of sp³-hybridized carbons (Fsp3) is 0.0909. The highest BCUT2D eigenvalue weighted by Crippen LogP contribution is 2.26. The van der Waals surface area contributed by atoms with Crippen LogP contribution < -0.4 is 10.6 Å². The van der Waals surface area contributed by atoms with Crippen LogP contribution in [0.4, 0.5) is 21.9 Å². The highest BCUT2D eigenvalue weighted by Gasteiger charge is 2.11. The lowest BCUT2D eigenvalue weighted by Gasteiger charge is -2.07. The first-order chi connectivity index (χ1) is 9.45. The minimum absolute atomic E-state index is 0.0838. The van der Waals surface area contributed by atoms with E-state index in [-0.39, 0.29) is 16.4 Å². The molecule has 1 heterocycles. The summed E-state index contributed by atoms with van der Waals surface area (Å²) in [5.41, 5.74) is 0.648. The van der Waals surface area contributed by atoms with Crippen LogP contribution in [0, 0.1) is 10.1 Å². The number of hydrogen-bond acceptors (Lipinski definition) is 4. The zero-order chi connectivity index (χ0) is 14.7. The Balaban J connectivity index is 2.06. The van der Waals surface area contributed by atoms with Crippen LogP contribution in [0.2, 0.25) is 5.02 Å². The van der Waals surface area contributed by atoms with Crippen molar-refractivity contribution in [3.8, 4) is 0 Å². The first kappa shape index (κ1) is 13.8. The normalized spacial score (nSPS) is 10.1. The standard InChI is InChI=1S/C11H10ClN5O3/c1-16-6-7(5-13-16)14-11(18)15-10-3-2-8(17(19)20)4-9(10)12/h2-6H,1H3,(H2,14,15,18). The van der Waals surface area contributed by atoms with Crippen LogP contribution in [0.25, 0.3) is 0 Å². The Hall–Kier alpha value is -2.61. The Labute approximate surface area is 118 Å². The topological polar surface area (TPSA) is 102 Å². The number of nitro benzene ring substituents is 1. The van der Waals surface area contributed by atoms with Gasteiger partial charge in [0, 0.05) is 25.4 Å². The lowest BCUT2D eigenvalue weighted by molar-refractivity contribution is -0.384. The molecule has 0 atom stereocenters. The summed E-state index contributed by atoms with van der Waals surface area (Å²) in [5.74, 6) is 0. The first-order valence-corrected chi connectivity index (χ1v) is 5.84. The van der Waals surface area contributed by atoms with Gasteiger partial charge in [-0.15, -0.1) is 0 Å². The van der Waals surface area contributed by atoms with Crippen molar-refractivity contribution in [2.75, 3.05) is 10.6 Å². The molecule has 2 aromatic rings. The van der Waals surface area contributed by atoms with Gasteiger partial charge in [-0.25, -0.2) is 4.79 Å². The van der Waals surface area contributed by atoms with E-state index in [2.05, 4.69) is 15.7 Å². The summed E-state index contributed by atoms with van der Waals surface area (Å²) >= 11 is 5.86. The van der Waals surface area contributed by atoms with E-state index in [1.807, 2.05) is 0 Å². The van der Waals surface area contributed by atoms with E-state index < -0.39 is 11.0 Å². The predicted octanol–water partition coefficient (Wildman–Crippen LogP) is 2.63. The molecule has 9 heteroatoms. The van der Waals surface area contributed by atoms with Crippen LogP contribution in [0.15, 0.2) is 30.6 Å². The maximum Gasteiger partial charge on any atom is 0.323 e. The van der Waals surface area contributed by atoms with Crippen LogP contribution in [0.5, 0.6) is 0 Å². The molecule has 0 aliphatic heterocycles. The highest BCUT2D eigenvalue weighted by atomic mass is 35.5. The molecule has 104 valence electrons. The van der Waals surface area contributed by atoms with Crippen LogP contribution in [-0.2, 0) is 7.05 Å². The van der Waals surface area contributed by atoms with Crippen molar-refractivity contribution in [1.82, 2.24) is 9.78 Å². The number of carbonyl (C=O) groups excluding carboxylic acids is 1. The van der Waals surface area contributed by atoms with Crippen LogP contribution in [0.1, 0.15) is 0 Å². The van der Waals surface area contributed by atoms with E-state index >= 15 is 0 Å². The number of amides is 2. The number of nitro groups is 1. The quantitative estimate of drug-likeness (QED) is 0.671. The Morgan fingerprint density at radius 1 is 1.45 bits per heavy atom. The molecule has 1 aromatic heterocycles. The number of hydrogen-bond donors (Lipinski definition) is 2. The number of rotatable bonds is 3. The molecule has 0 unspecified atom stereocenters. The summed E-state index contributed by atoms with van der Waals surface area (Å²) in [4.78, 5) is 21.7. The second kappa shape index (κ2) is 5.57. The fourth-order valence-electron chi connectivity index (χ4n) is 1.49. The maximum atomic E-state index is 11.7. The zero-order valence-electron chi connectivity index (χ0n) is 10.3. The minimum Gasteiger partial charge on any atom is -0.306 e.